The number of hydrogen-bond acceptors (Lipinski definition) is 9. The first-order chi connectivity index (χ1) is 13.7. The van der Waals surface area contributed by atoms with Crippen LogP contribution in [0.15, 0.2) is 30.6 Å². The molecule has 0 amide bonds. The topological polar surface area (TPSA) is 115 Å². The molecule has 1 aromatic heterocycles. The molecule has 9 nitrogen and oxygen atoms in total. The average molecular weight is 386 g/mol. The van der Waals surface area contributed by atoms with E-state index in [9.17, 15) is 4.79 Å². The molecule has 1 fully saturated rings. The van der Waals surface area contributed by atoms with Gasteiger partial charge in [-0.05, 0) is 25.1 Å². The number of hydrogen-bond donors (Lipinski definition) is 3. The van der Waals surface area contributed by atoms with Gasteiger partial charge in [0.05, 0.1) is 31.6 Å². The molecule has 0 atom stereocenters. The summed E-state index contributed by atoms with van der Waals surface area (Å²) in [7, 11) is 1.34. The third kappa shape index (κ3) is 5.08. The Morgan fingerprint density at radius 2 is 2.00 bits per heavy atom. The zero-order valence-electron chi connectivity index (χ0n) is 16.0. The maximum atomic E-state index is 11.9. The number of carbonyl (C=O) groups excluding carboxylic acids is 1. The summed E-state index contributed by atoms with van der Waals surface area (Å²) in [5.41, 5.74) is 7.59. The van der Waals surface area contributed by atoms with Gasteiger partial charge in [0.1, 0.15) is 12.0 Å². The molecule has 0 spiro atoms. The van der Waals surface area contributed by atoms with E-state index in [4.69, 9.17) is 15.2 Å². The Bertz CT molecular complexity index is 795. The van der Waals surface area contributed by atoms with E-state index in [0.717, 1.165) is 45.8 Å². The minimum atomic E-state index is -0.433. The lowest BCUT2D eigenvalue weighted by molar-refractivity contribution is 0.0378. The number of ether oxygens (including phenoxy) is 2. The summed E-state index contributed by atoms with van der Waals surface area (Å²) in [4.78, 5) is 22.7. The fraction of sp³-hybridized carbons (Fsp3) is 0.421. The highest BCUT2D eigenvalue weighted by molar-refractivity contribution is 5.97. The fourth-order valence-electron chi connectivity index (χ4n) is 2.98. The summed E-state index contributed by atoms with van der Waals surface area (Å²) in [6, 6.07) is 7.03. The fourth-order valence-corrected chi connectivity index (χ4v) is 2.98. The Morgan fingerprint density at radius 1 is 1.25 bits per heavy atom. The third-order valence-corrected chi connectivity index (χ3v) is 4.52. The molecule has 3 rings (SSSR count). The van der Waals surface area contributed by atoms with Crippen LogP contribution in [0.3, 0.4) is 0 Å². The van der Waals surface area contributed by atoms with Crippen LogP contribution in [-0.2, 0) is 9.47 Å². The molecule has 2 heterocycles. The van der Waals surface area contributed by atoms with Gasteiger partial charge in [-0.15, -0.1) is 0 Å². The van der Waals surface area contributed by atoms with Crippen LogP contribution < -0.4 is 16.4 Å². The predicted octanol–water partition coefficient (Wildman–Crippen LogP) is 1.72. The van der Waals surface area contributed by atoms with Crippen molar-refractivity contribution in [2.75, 3.05) is 62.9 Å². The number of morpholine rings is 1. The standard InChI is InChI=1S/C19H26N6O3/c1-27-19(26)14-5-2-3-6-15(14)24-18-16(20)17(22-13-23-18)21-7-4-8-25-9-11-28-12-10-25/h2-3,5-6,13H,4,7-12,20H2,1H3,(H2,21,22,23,24). The average Bonchev–Trinajstić information content (AvgIpc) is 2.74. The van der Waals surface area contributed by atoms with Gasteiger partial charge in [-0.25, -0.2) is 14.8 Å². The van der Waals surface area contributed by atoms with Crippen molar-refractivity contribution in [1.82, 2.24) is 14.9 Å². The number of nitrogens with zero attached hydrogens (tertiary/aromatic N) is 3. The van der Waals surface area contributed by atoms with E-state index < -0.39 is 5.97 Å². The van der Waals surface area contributed by atoms with Gasteiger partial charge in [0.15, 0.2) is 11.6 Å². The number of nitrogens with two attached hydrogens (primary N) is 1. The summed E-state index contributed by atoms with van der Waals surface area (Å²) < 4.78 is 10.2. The van der Waals surface area contributed by atoms with E-state index >= 15 is 0 Å². The largest absolute Gasteiger partial charge is 0.465 e. The van der Waals surface area contributed by atoms with Gasteiger partial charge in [-0.3, -0.25) is 4.90 Å². The molecule has 0 bridgehead atoms. The quantitative estimate of drug-likeness (QED) is 0.461. The van der Waals surface area contributed by atoms with Crippen LogP contribution >= 0.6 is 0 Å². The number of methoxy groups -OCH3 is 1. The van der Waals surface area contributed by atoms with Crippen molar-refractivity contribution in [3.8, 4) is 0 Å². The summed E-state index contributed by atoms with van der Waals surface area (Å²) in [6.07, 6.45) is 2.40. The lowest BCUT2D eigenvalue weighted by Crippen LogP contribution is -2.37. The van der Waals surface area contributed by atoms with Crippen molar-refractivity contribution in [3.05, 3.63) is 36.2 Å². The van der Waals surface area contributed by atoms with Crippen LogP contribution in [0.1, 0.15) is 16.8 Å². The van der Waals surface area contributed by atoms with Crippen molar-refractivity contribution >= 4 is 29.0 Å². The second kappa shape index (κ2) is 9.86. The lowest BCUT2D eigenvalue weighted by Gasteiger charge is -2.26. The van der Waals surface area contributed by atoms with E-state index in [2.05, 4.69) is 25.5 Å². The molecule has 0 saturated carbocycles. The van der Waals surface area contributed by atoms with Crippen LogP contribution in [0.5, 0.6) is 0 Å². The Kier molecular flexibility index (Phi) is 6.99. The van der Waals surface area contributed by atoms with Crippen molar-refractivity contribution in [2.24, 2.45) is 0 Å². The lowest BCUT2D eigenvalue weighted by atomic mass is 10.2. The molecule has 150 valence electrons. The Labute approximate surface area is 164 Å². The second-order valence-corrected chi connectivity index (χ2v) is 6.38. The van der Waals surface area contributed by atoms with Crippen LogP contribution in [0, 0.1) is 0 Å². The van der Waals surface area contributed by atoms with Gasteiger partial charge in [0.25, 0.3) is 0 Å². The molecule has 0 aliphatic carbocycles. The first kappa shape index (κ1) is 19.8. The Hall–Kier alpha value is -2.91. The first-order valence-electron chi connectivity index (χ1n) is 9.28. The minimum Gasteiger partial charge on any atom is -0.465 e. The highest BCUT2D eigenvalue weighted by atomic mass is 16.5. The molecular weight excluding hydrogens is 360 g/mol. The van der Waals surface area contributed by atoms with Gasteiger partial charge in [-0.1, -0.05) is 12.1 Å². The Morgan fingerprint density at radius 3 is 2.79 bits per heavy atom. The molecule has 1 aliphatic rings. The van der Waals surface area contributed by atoms with Gasteiger partial charge in [0, 0.05) is 19.6 Å². The number of nitrogens with one attached hydrogen (secondary N) is 2. The number of benzene rings is 1. The summed E-state index contributed by atoms with van der Waals surface area (Å²) in [5, 5.41) is 6.36. The first-order valence-corrected chi connectivity index (χ1v) is 9.28. The predicted molar refractivity (Wildman–Crippen MR) is 108 cm³/mol. The molecule has 1 aliphatic heterocycles. The molecule has 1 saturated heterocycles. The Balaban J connectivity index is 1.61. The number of anilines is 4. The highest BCUT2D eigenvalue weighted by Crippen LogP contribution is 2.27. The van der Waals surface area contributed by atoms with E-state index in [1.54, 1.807) is 18.2 Å². The molecule has 9 heteroatoms. The minimum absolute atomic E-state index is 0.397. The number of rotatable bonds is 8. The van der Waals surface area contributed by atoms with E-state index in [-0.39, 0.29) is 0 Å². The van der Waals surface area contributed by atoms with Gasteiger partial charge >= 0.3 is 5.97 Å². The van der Waals surface area contributed by atoms with Gasteiger partial charge in [-0.2, -0.15) is 0 Å². The summed E-state index contributed by atoms with van der Waals surface area (Å²) in [6.45, 7) is 5.30. The SMILES string of the molecule is COC(=O)c1ccccc1Nc1ncnc(NCCCN2CCOCC2)c1N. The van der Waals surface area contributed by atoms with Crippen LogP contribution in [0.4, 0.5) is 23.0 Å². The number of aromatic nitrogens is 2. The van der Waals surface area contributed by atoms with Crippen molar-refractivity contribution < 1.29 is 14.3 Å². The van der Waals surface area contributed by atoms with E-state index in [1.165, 1.54) is 13.4 Å². The van der Waals surface area contributed by atoms with Crippen molar-refractivity contribution in [2.45, 2.75) is 6.42 Å². The molecule has 1 aromatic carbocycles. The zero-order chi connectivity index (χ0) is 19.8. The smallest absolute Gasteiger partial charge is 0.339 e. The van der Waals surface area contributed by atoms with Crippen LogP contribution in [0.2, 0.25) is 0 Å². The maximum Gasteiger partial charge on any atom is 0.339 e. The normalized spacial score (nSPS) is 14.5. The molecule has 4 N–H and O–H groups in total. The third-order valence-electron chi connectivity index (χ3n) is 4.52. The highest BCUT2D eigenvalue weighted by Gasteiger charge is 2.14. The summed E-state index contributed by atoms with van der Waals surface area (Å²) >= 11 is 0. The molecule has 28 heavy (non-hydrogen) atoms. The van der Waals surface area contributed by atoms with Gasteiger partial charge in [0.2, 0.25) is 0 Å². The summed E-state index contributed by atoms with van der Waals surface area (Å²) in [5.74, 6) is 0.564. The second-order valence-electron chi connectivity index (χ2n) is 6.38. The van der Waals surface area contributed by atoms with Crippen molar-refractivity contribution in [3.63, 3.8) is 0 Å². The van der Waals surface area contributed by atoms with Gasteiger partial charge < -0.3 is 25.8 Å². The number of esters is 1. The molecule has 2 aromatic rings. The molecular formula is C19H26N6O3. The zero-order valence-corrected chi connectivity index (χ0v) is 16.0. The van der Waals surface area contributed by atoms with E-state index in [1.807, 2.05) is 6.07 Å². The molecule has 0 unspecified atom stereocenters. The number of nitrogen functional groups attached to an aromatic ring is 1. The number of carbonyl (C=O) groups is 1. The number of para-hydroxylation sites is 1. The molecule has 0 radical (unpaired) electrons. The van der Waals surface area contributed by atoms with Crippen LogP contribution in [0.25, 0.3) is 0 Å². The monoisotopic (exact) mass is 386 g/mol. The van der Waals surface area contributed by atoms with E-state index in [0.29, 0.717) is 28.6 Å². The van der Waals surface area contributed by atoms with Crippen LogP contribution in [-0.4, -0.2) is 67.3 Å². The van der Waals surface area contributed by atoms with Crippen molar-refractivity contribution in [1.29, 1.82) is 0 Å². The maximum absolute atomic E-state index is 11.9.